The lowest BCUT2D eigenvalue weighted by Crippen LogP contribution is -2.27. The number of nitrogens with zero attached hydrogens (tertiary/aromatic N) is 6. The molecule has 1 N–H and O–H groups in total. The monoisotopic (exact) mass is 623 g/mol. The lowest BCUT2D eigenvalue weighted by atomic mass is 9.99. The van der Waals surface area contributed by atoms with E-state index in [1.807, 2.05) is 24.3 Å². The van der Waals surface area contributed by atoms with Crippen LogP contribution in [0.1, 0.15) is 36.5 Å². The van der Waals surface area contributed by atoms with Crippen LogP contribution >= 0.6 is 24.0 Å². The number of nitrogens with one attached hydrogen (secondary N) is 1. The van der Waals surface area contributed by atoms with Crippen LogP contribution in [0.25, 0.3) is 17.1 Å². The molecule has 0 bridgehead atoms. The predicted octanol–water partition coefficient (Wildman–Crippen LogP) is 7.08. The third-order valence-corrected chi connectivity index (χ3v) is 7.58. The third kappa shape index (κ3) is 7.79. The van der Waals surface area contributed by atoms with Crippen LogP contribution in [0.4, 0.5) is 18.9 Å². The van der Waals surface area contributed by atoms with Crippen molar-refractivity contribution in [1.82, 2.24) is 20.2 Å². The van der Waals surface area contributed by atoms with E-state index >= 15 is 0 Å². The maximum Gasteiger partial charge on any atom is 0.573 e. The quantitative estimate of drug-likeness (QED) is 0.134. The number of thiocarbonyl (C=S) groups is 1. The number of benzene rings is 3. The Morgan fingerprint density at radius 3 is 2.53 bits per heavy atom. The number of hydrogen-bond donors (Lipinski definition) is 1. The first-order valence-corrected chi connectivity index (χ1v) is 14.8. The number of amidine groups is 1. The molecule has 1 aliphatic rings. The molecule has 1 fully saturated rings. The topological polar surface area (TPSA) is 79.9 Å². The van der Waals surface area contributed by atoms with Gasteiger partial charge in [-0.15, -0.1) is 18.3 Å². The highest BCUT2D eigenvalue weighted by Crippen LogP contribution is 2.33. The lowest BCUT2D eigenvalue weighted by Gasteiger charge is -2.23. The second kappa shape index (κ2) is 13.0. The molecule has 0 atom stereocenters. The van der Waals surface area contributed by atoms with Gasteiger partial charge in [-0.05, 0) is 72.1 Å². The van der Waals surface area contributed by atoms with E-state index in [-0.39, 0.29) is 10.9 Å². The van der Waals surface area contributed by atoms with Gasteiger partial charge in [-0.1, -0.05) is 62.0 Å². The molecule has 1 aliphatic heterocycles. The second-order valence-corrected chi connectivity index (χ2v) is 11.4. The molecule has 0 radical (unpaired) electrons. The molecule has 5 rings (SSSR count). The van der Waals surface area contributed by atoms with Gasteiger partial charge in [-0.3, -0.25) is 5.43 Å². The third-order valence-electron chi connectivity index (χ3n) is 6.44. The number of rotatable bonds is 7. The van der Waals surface area contributed by atoms with Crippen molar-refractivity contribution in [2.45, 2.75) is 33.1 Å². The minimum atomic E-state index is -4.74. The van der Waals surface area contributed by atoms with Crippen LogP contribution in [0, 0.1) is 6.92 Å². The zero-order valence-electron chi connectivity index (χ0n) is 23.5. The Bertz CT molecular complexity index is 1650. The van der Waals surface area contributed by atoms with Crippen molar-refractivity contribution in [3.8, 4) is 22.8 Å². The largest absolute Gasteiger partial charge is 0.573 e. The SMILES string of the molecule is Cc1ccc(C(C)C)c(N2CCSC2=NC(=S)N/N=C/c2ccc(-c3ncn(-c4ccc(OC(F)(F)F)cc4)n3)cc2)c1. The van der Waals surface area contributed by atoms with Gasteiger partial charge in [0, 0.05) is 23.5 Å². The number of aliphatic imine (C=N–C) groups is 1. The highest BCUT2D eigenvalue weighted by molar-refractivity contribution is 8.14. The molecule has 1 saturated heterocycles. The normalized spacial score (nSPS) is 14.7. The Balaban J connectivity index is 1.20. The van der Waals surface area contributed by atoms with E-state index < -0.39 is 6.36 Å². The van der Waals surface area contributed by atoms with E-state index in [9.17, 15) is 13.2 Å². The minimum absolute atomic E-state index is 0.272. The molecule has 0 aliphatic carbocycles. The Kier molecular flexibility index (Phi) is 9.11. The summed E-state index contributed by atoms with van der Waals surface area (Å²) >= 11 is 7.12. The standard InChI is InChI=1S/C30H28F3N7OS2/c1-19(2)25-13-4-20(3)16-26(25)39-14-15-43-29(39)36-28(42)37-35-17-21-5-7-22(8-6-21)27-34-18-40(38-27)23-9-11-24(12-10-23)41-30(31,32)33/h4-13,16-19H,14-15H2,1-3H3,(H,37,42)/b35-17+,36-29?. The summed E-state index contributed by atoms with van der Waals surface area (Å²) in [5.74, 6) is 1.47. The number of aromatic nitrogens is 3. The van der Waals surface area contributed by atoms with Crippen LogP contribution in [0.15, 0.2) is 83.2 Å². The fourth-order valence-electron chi connectivity index (χ4n) is 4.41. The Morgan fingerprint density at radius 2 is 1.84 bits per heavy atom. The molecule has 8 nitrogen and oxygen atoms in total. The maximum absolute atomic E-state index is 12.4. The molecule has 0 amide bonds. The zero-order chi connectivity index (χ0) is 30.6. The van der Waals surface area contributed by atoms with E-state index in [1.54, 1.807) is 18.0 Å². The number of aryl methyl sites for hydroxylation is 1. The van der Waals surface area contributed by atoms with Crippen LogP contribution < -0.4 is 15.1 Å². The number of ether oxygens (including phenoxy) is 1. The van der Waals surface area contributed by atoms with Crippen molar-refractivity contribution in [2.75, 3.05) is 17.2 Å². The smallest absolute Gasteiger partial charge is 0.406 e. The molecule has 1 aromatic heterocycles. The van der Waals surface area contributed by atoms with Gasteiger partial charge in [0.2, 0.25) is 5.11 Å². The minimum Gasteiger partial charge on any atom is -0.406 e. The maximum atomic E-state index is 12.4. The summed E-state index contributed by atoms with van der Waals surface area (Å²) in [5, 5.41) is 9.80. The number of anilines is 1. The van der Waals surface area contributed by atoms with Gasteiger partial charge in [0.1, 0.15) is 12.1 Å². The summed E-state index contributed by atoms with van der Waals surface area (Å²) in [5.41, 5.74) is 8.60. The molecule has 43 heavy (non-hydrogen) atoms. The number of hydrogen-bond acceptors (Lipinski definition) is 6. The van der Waals surface area contributed by atoms with Crippen molar-refractivity contribution in [3.05, 3.63) is 89.7 Å². The number of alkyl halides is 3. The van der Waals surface area contributed by atoms with Gasteiger partial charge in [0.25, 0.3) is 0 Å². The van der Waals surface area contributed by atoms with E-state index in [2.05, 4.69) is 74.2 Å². The number of hydrazone groups is 1. The first-order valence-electron chi connectivity index (χ1n) is 13.4. The van der Waals surface area contributed by atoms with Gasteiger partial charge in [-0.25, -0.2) is 9.67 Å². The van der Waals surface area contributed by atoms with Crippen LogP contribution in [0.3, 0.4) is 0 Å². The fraction of sp³-hybridized carbons (Fsp3) is 0.233. The Hall–Kier alpha value is -4.23. The highest BCUT2D eigenvalue weighted by Gasteiger charge is 2.31. The van der Waals surface area contributed by atoms with Crippen molar-refractivity contribution < 1.29 is 17.9 Å². The first kappa shape index (κ1) is 30.2. The van der Waals surface area contributed by atoms with Gasteiger partial charge in [-0.2, -0.15) is 10.1 Å². The molecule has 2 heterocycles. The molecule has 3 aromatic carbocycles. The lowest BCUT2D eigenvalue weighted by molar-refractivity contribution is -0.274. The summed E-state index contributed by atoms with van der Waals surface area (Å²) in [6.45, 7) is 7.33. The molecule has 4 aromatic rings. The summed E-state index contributed by atoms with van der Waals surface area (Å²) in [6.07, 6.45) is -1.61. The second-order valence-electron chi connectivity index (χ2n) is 9.96. The van der Waals surface area contributed by atoms with Crippen molar-refractivity contribution in [3.63, 3.8) is 0 Å². The number of halogens is 3. The first-order chi connectivity index (χ1) is 20.6. The Morgan fingerprint density at radius 1 is 1.09 bits per heavy atom. The molecule has 0 unspecified atom stereocenters. The van der Waals surface area contributed by atoms with E-state index in [4.69, 9.17) is 12.2 Å². The number of thioether (sulfide) groups is 1. The van der Waals surface area contributed by atoms with Crippen molar-refractivity contribution in [1.29, 1.82) is 0 Å². The van der Waals surface area contributed by atoms with Gasteiger partial charge < -0.3 is 9.64 Å². The molecular weight excluding hydrogens is 596 g/mol. The van der Waals surface area contributed by atoms with E-state index in [0.717, 1.165) is 34.3 Å². The molecule has 13 heteroatoms. The molecule has 222 valence electrons. The van der Waals surface area contributed by atoms with Crippen LogP contribution in [-0.4, -0.2) is 49.9 Å². The molecule has 0 saturated carbocycles. The van der Waals surface area contributed by atoms with Gasteiger partial charge in [0.05, 0.1) is 11.9 Å². The van der Waals surface area contributed by atoms with Gasteiger partial charge in [0.15, 0.2) is 11.0 Å². The zero-order valence-corrected chi connectivity index (χ0v) is 25.2. The Labute approximate surface area is 256 Å². The van der Waals surface area contributed by atoms with Crippen LogP contribution in [0.5, 0.6) is 5.75 Å². The fourth-order valence-corrected chi connectivity index (χ4v) is 5.56. The van der Waals surface area contributed by atoms with Gasteiger partial charge >= 0.3 is 6.36 Å². The van der Waals surface area contributed by atoms with E-state index in [0.29, 0.717) is 17.4 Å². The van der Waals surface area contributed by atoms with Crippen LogP contribution in [0.2, 0.25) is 0 Å². The summed E-state index contributed by atoms with van der Waals surface area (Å²) < 4.78 is 42.6. The highest BCUT2D eigenvalue weighted by atomic mass is 32.2. The average molecular weight is 624 g/mol. The summed E-state index contributed by atoms with van der Waals surface area (Å²) in [7, 11) is 0. The molecular formula is C30H28F3N7OS2. The molecule has 0 spiro atoms. The van der Waals surface area contributed by atoms with Crippen molar-refractivity contribution >= 4 is 46.2 Å². The van der Waals surface area contributed by atoms with E-state index in [1.165, 1.54) is 46.4 Å². The van der Waals surface area contributed by atoms with Crippen LogP contribution in [-0.2, 0) is 0 Å². The summed E-state index contributed by atoms with van der Waals surface area (Å²) in [6, 6.07) is 19.3. The summed E-state index contributed by atoms with van der Waals surface area (Å²) in [4.78, 5) is 11.2. The van der Waals surface area contributed by atoms with Crippen molar-refractivity contribution in [2.24, 2.45) is 10.1 Å². The average Bonchev–Trinajstić information content (AvgIpc) is 3.63. The predicted molar refractivity (Wildman–Crippen MR) is 169 cm³/mol.